The van der Waals surface area contributed by atoms with Gasteiger partial charge in [-0.25, -0.2) is 3.11 Å². The van der Waals surface area contributed by atoms with E-state index in [2.05, 4.69) is 101 Å². The molecule has 104 valence electrons. The predicted octanol–water partition coefficient (Wildman–Crippen LogP) is 4.38. The van der Waals surface area contributed by atoms with Crippen LogP contribution in [0.1, 0.15) is 69.2 Å². The molecule has 0 amide bonds. The van der Waals surface area contributed by atoms with Gasteiger partial charge in [0.05, 0.1) is 0 Å². The van der Waals surface area contributed by atoms with E-state index in [1.54, 1.807) is 0 Å². The molecule has 0 aliphatic heterocycles. The van der Waals surface area contributed by atoms with E-state index >= 15 is 0 Å². The zero-order chi connectivity index (χ0) is 14.3. The normalized spacial score (nSPS) is 15.5. The van der Waals surface area contributed by atoms with E-state index in [4.69, 9.17) is 0 Å². The number of halogens is 1. The van der Waals surface area contributed by atoms with E-state index in [0.29, 0.717) is 0 Å². The zero-order valence-corrected chi connectivity index (χ0v) is 15.5. The molecule has 0 radical (unpaired) electrons. The minimum absolute atomic E-state index is 0.0275. The van der Waals surface area contributed by atoms with E-state index in [1.807, 2.05) is 0 Å². The summed E-state index contributed by atoms with van der Waals surface area (Å²) in [7, 11) is 0. The van der Waals surface area contributed by atoms with Crippen LogP contribution in [0.2, 0.25) is 0 Å². The predicted molar refractivity (Wildman–Crippen MR) is 86.7 cm³/mol. The highest BCUT2D eigenvalue weighted by Crippen LogP contribution is 2.37. The Morgan fingerprint density at radius 3 is 1.35 bits per heavy atom. The Labute approximate surface area is 122 Å². The maximum atomic E-state index is 3.74. The van der Waals surface area contributed by atoms with Gasteiger partial charge in [-0.3, -0.25) is 0 Å². The van der Waals surface area contributed by atoms with Gasteiger partial charge in [0, 0.05) is 45.0 Å². The minimum atomic E-state index is 0.0275. The average molecular weight is 354 g/mol. The number of rotatable bonds is 3. The van der Waals surface area contributed by atoms with Crippen molar-refractivity contribution >= 4 is 22.9 Å². The zero-order valence-electron chi connectivity index (χ0n) is 13.3. The molecule has 0 aromatic heterocycles. The lowest BCUT2D eigenvalue weighted by atomic mass is 9.79. The summed E-state index contributed by atoms with van der Waals surface area (Å²) in [5, 5.41) is 3.74. The van der Waals surface area contributed by atoms with Crippen molar-refractivity contribution < 1.29 is 0 Å². The van der Waals surface area contributed by atoms with Crippen LogP contribution in [0.15, 0.2) is 0 Å². The van der Waals surface area contributed by atoms with Crippen molar-refractivity contribution in [2.45, 2.75) is 91.4 Å². The molecule has 0 aromatic carbocycles. The van der Waals surface area contributed by atoms with E-state index < -0.39 is 0 Å². The van der Waals surface area contributed by atoms with Gasteiger partial charge in [0.1, 0.15) is 0 Å². The van der Waals surface area contributed by atoms with Crippen molar-refractivity contribution in [2.24, 2.45) is 0 Å². The van der Waals surface area contributed by atoms with Crippen molar-refractivity contribution in [2.75, 3.05) is 0 Å². The SMILES string of the molecule is CC(C)(C)NC(C)(C)C(C)(C)N(I)C(C)(C)C. The molecule has 0 bridgehead atoms. The second-order valence-corrected chi connectivity index (χ2v) is 8.98. The third kappa shape index (κ3) is 4.67. The smallest absolute Gasteiger partial charge is 0.0430 e. The van der Waals surface area contributed by atoms with Gasteiger partial charge in [0.2, 0.25) is 0 Å². The monoisotopic (exact) mass is 354 g/mol. The lowest BCUT2D eigenvalue weighted by molar-refractivity contribution is 0.0605. The highest BCUT2D eigenvalue weighted by Gasteiger charge is 2.46. The topological polar surface area (TPSA) is 15.3 Å². The summed E-state index contributed by atoms with van der Waals surface area (Å²) < 4.78 is 2.43. The first kappa shape index (κ1) is 17.6. The van der Waals surface area contributed by atoms with Crippen molar-refractivity contribution in [3.8, 4) is 0 Å². The molecule has 0 unspecified atom stereocenters. The maximum Gasteiger partial charge on any atom is 0.0430 e. The Morgan fingerprint density at radius 1 is 0.765 bits per heavy atom. The van der Waals surface area contributed by atoms with Crippen molar-refractivity contribution in [1.29, 1.82) is 0 Å². The quantitative estimate of drug-likeness (QED) is 0.598. The number of hydrogen-bond acceptors (Lipinski definition) is 2. The molecule has 0 aliphatic rings. The van der Waals surface area contributed by atoms with Gasteiger partial charge in [-0.05, 0) is 69.2 Å². The van der Waals surface area contributed by atoms with Gasteiger partial charge < -0.3 is 5.32 Å². The molecule has 0 atom stereocenters. The third-order valence-corrected chi connectivity index (χ3v) is 5.95. The van der Waals surface area contributed by atoms with Crippen molar-refractivity contribution in [1.82, 2.24) is 8.43 Å². The van der Waals surface area contributed by atoms with Gasteiger partial charge in [-0.15, -0.1) is 0 Å². The molecule has 0 aromatic rings. The molecule has 1 N–H and O–H groups in total. The fourth-order valence-corrected chi connectivity index (χ4v) is 2.78. The van der Waals surface area contributed by atoms with Crippen LogP contribution in [0.5, 0.6) is 0 Å². The second kappa shape index (κ2) is 4.97. The van der Waals surface area contributed by atoms with Crippen LogP contribution in [-0.2, 0) is 0 Å². The Balaban J connectivity index is 5.16. The van der Waals surface area contributed by atoms with Gasteiger partial charge >= 0.3 is 0 Å². The molecule has 0 saturated carbocycles. The van der Waals surface area contributed by atoms with E-state index in [-0.39, 0.29) is 22.2 Å². The summed E-state index contributed by atoms with van der Waals surface area (Å²) in [6, 6.07) is 0. The summed E-state index contributed by atoms with van der Waals surface area (Å²) in [4.78, 5) is 0. The van der Waals surface area contributed by atoms with Crippen LogP contribution in [-0.4, -0.2) is 25.3 Å². The van der Waals surface area contributed by atoms with E-state index in [1.165, 1.54) is 0 Å². The Kier molecular flexibility index (Phi) is 5.16. The van der Waals surface area contributed by atoms with Crippen LogP contribution in [0.4, 0.5) is 0 Å². The standard InChI is InChI=1S/C14H31IN2/c1-11(2,3)16-13(7,8)14(9,10)17(15)12(4,5)6/h16H,1-10H3. The molecule has 0 heterocycles. The maximum absolute atomic E-state index is 3.74. The molecule has 0 fully saturated rings. The highest BCUT2D eigenvalue weighted by molar-refractivity contribution is 14.1. The number of hydrogen-bond donors (Lipinski definition) is 1. The highest BCUT2D eigenvalue weighted by atomic mass is 127. The molecule has 2 nitrogen and oxygen atoms in total. The van der Waals surface area contributed by atoms with Crippen molar-refractivity contribution in [3.63, 3.8) is 0 Å². The molecular formula is C14H31IN2. The first-order chi connectivity index (χ1) is 7.11. The molecule has 0 aliphatic carbocycles. The summed E-state index contributed by atoms with van der Waals surface area (Å²) in [5.41, 5.74) is 0.357. The largest absolute Gasteiger partial charge is 0.305 e. The summed E-state index contributed by atoms with van der Waals surface area (Å²) >= 11 is 2.46. The van der Waals surface area contributed by atoms with Crippen LogP contribution in [0, 0.1) is 0 Å². The average Bonchev–Trinajstić information content (AvgIpc) is 1.95. The Morgan fingerprint density at radius 2 is 1.12 bits per heavy atom. The number of nitrogens with one attached hydrogen (secondary N) is 1. The molecule has 0 saturated heterocycles. The number of nitrogens with zero attached hydrogens (tertiary/aromatic N) is 1. The molecule has 3 heteroatoms. The summed E-state index contributed by atoms with van der Waals surface area (Å²) in [5.74, 6) is 0. The van der Waals surface area contributed by atoms with Gasteiger partial charge in [-0.1, -0.05) is 0 Å². The van der Waals surface area contributed by atoms with Crippen LogP contribution in [0.25, 0.3) is 0 Å². The van der Waals surface area contributed by atoms with E-state index in [9.17, 15) is 0 Å². The Hall–Kier alpha value is 0.650. The van der Waals surface area contributed by atoms with Crippen LogP contribution < -0.4 is 5.32 Å². The van der Waals surface area contributed by atoms with Gasteiger partial charge in [-0.2, -0.15) is 0 Å². The summed E-state index contributed by atoms with van der Waals surface area (Å²) in [6.07, 6.45) is 0. The van der Waals surface area contributed by atoms with Crippen molar-refractivity contribution in [3.05, 3.63) is 0 Å². The second-order valence-electron chi connectivity index (χ2n) is 8.01. The molecule has 0 spiro atoms. The molecular weight excluding hydrogens is 323 g/mol. The van der Waals surface area contributed by atoms with Gasteiger partial charge in [0.25, 0.3) is 0 Å². The van der Waals surface area contributed by atoms with Crippen LogP contribution >= 0.6 is 22.9 Å². The van der Waals surface area contributed by atoms with Gasteiger partial charge in [0.15, 0.2) is 0 Å². The fraction of sp³-hybridized carbons (Fsp3) is 1.00. The summed E-state index contributed by atoms with van der Waals surface area (Å²) in [6.45, 7) is 22.6. The first-order valence-corrected chi connectivity index (χ1v) is 7.33. The lowest BCUT2D eigenvalue weighted by Crippen LogP contribution is -2.68. The Bertz CT molecular complexity index is 256. The van der Waals surface area contributed by atoms with Crippen LogP contribution in [0.3, 0.4) is 0 Å². The first-order valence-electron chi connectivity index (χ1n) is 6.37. The molecule has 0 rings (SSSR count). The molecule has 17 heavy (non-hydrogen) atoms. The lowest BCUT2D eigenvalue weighted by Gasteiger charge is -2.53. The minimum Gasteiger partial charge on any atom is -0.305 e. The van der Waals surface area contributed by atoms with E-state index in [0.717, 1.165) is 0 Å². The fourth-order valence-electron chi connectivity index (χ4n) is 2.17. The third-order valence-electron chi connectivity index (χ3n) is 3.30.